The molecule has 0 amide bonds. The second-order valence-corrected chi connectivity index (χ2v) is 13.1. The van der Waals surface area contributed by atoms with Crippen LogP contribution in [0.25, 0.3) is 0 Å². The zero-order chi connectivity index (χ0) is 24.4. The SMILES string of the molecule is C=C(CO)[C@@H](O)CC[C@@H](C)[C@H]1CC[C@@]2(C)C3=CC[C@H]4C(C)(C)C(=O)CC[C@]4(C)C3=CC[C@]12C. The van der Waals surface area contributed by atoms with Gasteiger partial charge in [0.1, 0.15) is 5.78 Å². The topological polar surface area (TPSA) is 57.5 Å². The Hall–Kier alpha value is -1.19. The van der Waals surface area contributed by atoms with E-state index in [1.54, 1.807) is 11.1 Å². The summed E-state index contributed by atoms with van der Waals surface area (Å²) in [5.74, 6) is 1.97. The number of hydrogen-bond acceptors (Lipinski definition) is 3. The predicted molar refractivity (Wildman–Crippen MR) is 135 cm³/mol. The fraction of sp³-hybridized carbons (Fsp3) is 0.767. The summed E-state index contributed by atoms with van der Waals surface area (Å²) < 4.78 is 0. The first kappa shape index (κ1) is 24.9. The first-order chi connectivity index (χ1) is 15.3. The number of rotatable bonds is 6. The van der Waals surface area contributed by atoms with Gasteiger partial charge in [0.25, 0.3) is 0 Å². The van der Waals surface area contributed by atoms with Gasteiger partial charge in [-0.05, 0) is 95.7 Å². The summed E-state index contributed by atoms with van der Waals surface area (Å²) in [5.41, 5.74) is 3.91. The molecular formula is C30H46O3. The van der Waals surface area contributed by atoms with Crippen LogP contribution >= 0.6 is 0 Å². The minimum Gasteiger partial charge on any atom is -0.392 e. The summed E-state index contributed by atoms with van der Waals surface area (Å²) in [6.45, 7) is 17.9. The van der Waals surface area contributed by atoms with Gasteiger partial charge in [-0.1, -0.05) is 60.3 Å². The van der Waals surface area contributed by atoms with E-state index in [4.69, 9.17) is 0 Å². The third-order valence-electron chi connectivity index (χ3n) is 11.3. The summed E-state index contributed by atoms with van der Waals surface area (Å²) in [4.78, 5) is 12.8. The first-order valence-electron chi connectivity index (χ1n) is 13.2. The van der Waals surface area contributed by atoms with Crippen LogP contribution < -0.4 is 0 Å². The summed E-state index contributed by atoms with van der Waals surface area (Å²) >= 11 is 0. The highest BCUT2D eigenvalue weighted by Gasteiger charge is 2.63. The van der Waals surface area contributed by atoms with Crippen LogP contribution in [-0.2, 0) is 4.79 Å². The molecule has 0 aromatic carbocycles. The molecule has 2 fully saturated rings. The number of carbonyl (C=O) groups is 1. The van der Waals surface area contributed by atoms with Crippen molar-refractivity contribution in [3.63, 3.8) is 0 Å². The lowest BCUT2D eigenvalue weighted by Gasteiger charge is -2.59. The van der Waals surface area contributed by atoms with Crippen molar-refractivity contribution in [2.75, 3.05) is 6.61 Å². The normalized spacial score (nSPS) is 41.3. The fourth-order valence-corrected chi connectivity index (χ4v) is 8.69. The molecule has 4 rings (SSSR count). The smallest absolute Gasteiger partial charge is 0.138 e. The van der Waals surface area contributed by atoms with Gasteiger partial charge in [-0.15, -0.1) is 0 Å². The second-order valence-electron chi connectivity index (χ2n) is 13.1. The van der Waals surface area contributed by atoms with Crippen LogP contribution in [0, 0.1) is 39.4 Å². The average Bonchev–Trinajstić information content (AvgIpc) is 3.05. The maximum atomic E-state index is 12.8. The Morgan fingerprint density at radius 2 is 1.82 bits per heavy atom. The van der Waals surface area contributed by atoms with E-state index in [0.717, 1.165) is 25.7 Å². The molecule has 0 heterocycles. The van der Waals surface area contributed by atoms with Gasteiger partial charge >= 0.3 is 0 Å². The van der Waals surface area contributed by atoms with Crippen LogP contribution in [0.3, 0.4) is 0 Å². The lowest BCUT2D eigenvalue weighted by molar-refractivity contribution is -0.138. The van der Waals surface area contributed by atoms with Crippen molar-refractivity contribution in [2.24, 2.45) is 39.4 Å². The number of aliphatic hydroxyl groups excluding tert-OH is 2. The Morgan fingerprint density at radius 1 is 1.12 bits per heavy atom. The lowest BCUT2D eigenvalue weighted by atomic mass is 9.44. The van der Waals surface area contributed by atoms with Crippen LogP contribution in [-0.4, -0.2) is 28.7 Å². The van der Waals surface area contributed by atoms with Crippen molar-refractivity contribution in [3.05, 3.63) is 35.5 Å². The minimum absolute atomic E-state index is 0.101. The van der Waals surface area contributed by atoms with Gasteiger partial charge in [-0.25, -0.2) is 0 Å². The van der Waals surface area contributed by atoms with Gasteiger partial charge < -0.3 is 10.2 Å². The number of ketones is 1. The molecule has 184 valence electrons. The maximum Gasteiger partial charge on any atom is 0.138 e. The lowest BCUT2D eigenvalue weighted by Crippen LogP contribution is -2.53. The van der Waals surface area contributed by atoms with Crippen LogP contribution in [0.15, 0.2) is 35.5 Å². The van der Waals surface area contributed by atoms with E-state index in [1.807, 2.05) is 0 Å². The van der Waals surface area contributed by atoms with Crippen LogP contribution in [0.2, 0.25) is 0 Å². The van der Waals surface area contributed by atoms with Crippen LogP contribution in [0.4, 0.5) is 0 Å². The quantitative estimate of drug-likeness (QED) is 0.456. The van der Waals surface area contributed by atoms with Gasteiger partial charge in [0.05, 0.1) is 12.7 Å². The molecule has 4 aliphatic carbocycles. The molecule has 0 spiro atoms. The maximum absolute atomic E-state index is 12.8. The average molecular weight is 455 g/mol. The van der Waals surface area contributed by atoms with Crippen molar-refractivity contribution >= 4 is 5.78 Å². The number of carbonyl (C=O) groups excluding carboxylic acids is 1. The number of aliphatic hydroxyl groups is 2. The van der Waals surface area contributed by atoms with Gasteiger partial charge in [-0.2, -0.15) is 0 Å². The molecule has 2 N–H and O–H groups in total. The highest BCUT2D eigenvalue weighted by Crippen LogP contribution is 2.71. The molecule has 33 heavy (non-hydrogen) atoms. The third-order valence-corrected chi connectivity index (χ3v) is 11.3. The molecule has 3 heteroatoms. The van der Waals surface area contributed by atoms with E-state index in [-0.39, 0.29) is 28.3 Å². The van der Waals surface area contributed by atoms with Crippen molar-refractivity contribution in [1.29, 1.82) is 0 Å². The van der Waals surface area contributed by atoms with Crippen molar-refractivity contribution in [2.45, 2.75) is 99.0 Å². The third kappa shape index (κ3) is 3.47. The molecule has 7 atom stereocenters. The molecule has 0 saturated heterocycles. The zero-order valence-corrected chi connectivity index (χ0v) is 21.8. The highest BCUT2D eigenvalue weighted by molar-refractivity contribution is 5.86. The van der Waals surface area contributed by atoms with E-state index in [2.05, 4.69) is 60.3 Å². The van der Waals surface area contributed by atoms with Crippen molar-refractivity contribution in [1.82, 2.24) is 0 Å². The first-order valence-corrected chi connectivity index (χ1v) is 13.2. The number of allylic oxidation sites excluding steroid dienone is 4. The standard InChI is InChI=1S/C30H46O3/c1-19(8-10-24(32)20(2)18-31)21-12-16-30(7)23-9-11-25-27(3,4)26(33)14-15-28(25,5)22(23)13-17-29(21,30)6/h9,13,19,21,24-25,31-32H,2,8,10-12,14-18H2,1,3-7H3/t19-,21-,24+,25+,28-,29-,30+/m1/s1. The van der Waals surface area contributed by atoms with Crippen molar-refractivity contribution < 1.29 is 15.0 Å². The Morgan fingerprint density at radius 3 is 2.48 bits per heavy atom. The largest absolute Gasteiger partial charge is 0.392 e. The van der Waals surface area contributed by atoms with E-state index < -0.39 is 6.10 Å². The molecule has 0 radical (unpaired) electrons. The number of hydrogen-bond donors (Lipinski definition) is 2. The molecule has 4 aliphatic rings. The molecule has 0 aliphatic heterocycles. The number of fused-ring (bicyclic) bond motifs is 5. The summed E-state index contributed by atoms with van der Waals surface area (Å²) in [6, 6.07) is 0. The molecule has 0 aromatic heterocycles. The van der Waals surface area contributed by atoms with Gasteiger partial charge in [0.2, 0.25) is 0 Å². The predicted octanol–water partition coefficient (Wildman–Crippen LogP) is 6.41. The van der Waals surface area contributed by atoms with Crippen molar-refractivity contribution in [3.8, 4) is 0 Å². The van der Waals surface area contributed by atoms with Gasteiger partial charge in [0.15, 0.2) is 0 Å². The molecule has 0 bridgehead atoms. The van der Waals surface area contributed by atoms with E-state index in [1.165, 1.54) is 12.8 Å². The van der Waals surface area contributed by atoms with Gasteiger partial charge in [0, 0.05) is 11.8 Å². The number of Topliss-reactive ketones (excluding diaryl/α,β-unsaturated/α-hetero) is 1. The zero-order valence-electron chi connectivity index (χ0n) is 21.8. The molecular weight excluding hydrogens is 408 g/mol. The summed E-state index contributed by atoms with van der Waals surface area (Å²) in [5, 5.41) is 19.6. The van der Waals surface area contributed by atoms with E-state index >= 15 is 0 Å². The van der Waals surface area contributed by atoms with E-state index in [0.29, 0.717) is 42.0 Å². The fourth-order valence-electron chi connectivity index (χ4n) is 8.69. The minimum atomic E-state index is -0.605. The monoisotopic (exact) mass is 454 g/mol. The van der Waals surface area contributed by atoms with Crippen LogP contribution in [0.1, 0.15) is 92.9 Å². The Bertz CT molecular complexity index is 894. The molecule has 0 aromatic rings. The highest BCUT2D eigenvalue weighted by atomic mass is 16.3. The molecule has 0 unspecified atom stereocenters. The Balaban J connectivity index is 1.61. The Kier molecular flexibility index (Phi) is 6.19. The van der Waals surface area contributed by atoms with Gasteiger partial charge in [-0.3, -0.25) is 4.79 Å². The molecule has 3 nitrogen and oxygen atoms in total. The molecule has 2 saturated carbocycles. The second kappa shape index (κ2) is 8.19. The Labute approximate surface area is 201 Å². The summed E-state index contributed by atoms with van der Waals surface area (Å²) in [6.07, 6.45) is 12.4. The van der Waals surface area contributed by atoms with Crippen LogP contribution in [0.5, 0.6) is 0 Å². The van der Waals surface area contributed by atoms with E-state index in [9.17, 15) is 15.0 Å². The summed E-state index contributed by atoms with van der Waals surface area (Å²) in [7, 11) is 0.